The van der Waals surface area contributed by atoms with Gasteiger partial charge in [0.05, 0.1) is 10.7 Å². The van der Waals surface area contributed by atoms with Crippen LogP contribution in [-0.4, -0.2) is 12.1 Å². The monoisotopic (exact) mass is 288 g/mol. The Morgan fingerprint density at radius 1 is 1.40 bits per heavy atom. The van der Waals surface area contributed by atoms with Gasteiger partial charge in [-0.2, -0.15) is 0 Å². The highest BCUT2D eigenvalue weighted by atomic mass is 79.9. The Bertz CT molecular complexity index is 356. The summed E-state index contributed by atoms with van der Waals surface area (Å²) >= 11 is 9.53. The zero-order chi connectivity index (χ0) is 10.8. The third-order valence-corrected chi connectivity index (χ3v) is 3.58. The Morgan fingerprint density at radius 2 is 2.20 bits per heavy atom. The van der Waals surface area contributed by atoms with Gasteiger partial charge in [0.2, 0.25) is 0 Å². The first kappa shape index (κ1) is 11.2. The molecular formula is C11H14BrClN2. The highest BCUT2D eigenvalue weighted by Crippen LogP contribution is 2.29. The van der Waals surface area contributed by atoms with Crippen LogP contribution < -0.4 is 11.1 Å². The Balaban J connectivity index is 2.07. The standard InChI is InChI=1S/C11H14BrClN2/c12-7-1-4-10(13)11(5-7)15-9-3-2-8(14)6-9/h1,4-5,8-9,15H,2-3,6,14H2. The van der Waals surface area contributed by atoms with Crippen LogP contribution in [0.15, 0.2) is 22.7 Å². The summed E-state index contributed by atoms with van der Waals surface area (Å²) in [6, 6.07) is 6.64. The predicted molar refractivity (Wildman–Crippen MR) is 68.4 cm³/mol. The van der Waals surface area contributed by atoms with Crippen LogP contribution in [0.4, 0.5) is 5.69 Å². The molecule has 2 rings (SSSR count). The van der Waals surface area contributed by atoms with Crippen molar-refractivity contribution in [2.24, 2.45) is 5.73 Å². The molecule has 0 heterocycles. The van der Waals surface area contributed by atoms with Crippen LogP contribution in [0.3, 0.4) is 0 Å². The molecule has 1 aliphatic rings. The van der Waals surface area contributed by atoms with Crippen molar-refractivity contribution in [2.45, 2.75) is 31.3 Å². The van der Waals surface area contributed by atoms with Crippen molar-refractivity contribution in [3.05, 3.63) is 27.7 Å². The number of nitrogens with one attached hydrogen (secondary N) is 1. The van der Waals surface area contributed by atoms with Gasteiger partial charge < -0.3 is 11.1 Å². The highest BCUT2D eigenvalue weighted by molar-refractivity contribution is 9.10. The van der Waals surface area contributed by atoms with Crippen molar-refractivity contribution in [3.8, 4) is 0 Å². The Hall–Kier alpha value is -0.250. The van der Waals surface area contributed by atoms with Gasteiger partial charge in [-0.25, -0.2) is 0 Å². The minimum absolute atomic E-state index is 0.341. The van der Waals surface area contributed by atoms with Gasteiger partial charge in [-0.05, 0) is 37.5 Å². The fourth-order valence-electron chi connectivity index (χ4n) is 1.98. The van der Waals surface area contributed by atoms with E-state index in [0.717, 1.165) is 34.4 Å². The largest absolute Gasteiger partial charge is 0.381 e. The molecule has 15 heavy (non-hydrogen) atoms. The molecule has 1 aromatic carbocycles. The molecule has 3 N–H and O–H groups in total. The molecule has 1 aromatic rings. The second kappa shape index (κ2) is 4.73. The first-order valence-electron chi connectivity index (χ1n) is 5.12. The lowest BCUT2D eigenvalue weighted by Gasteiger charge is -2.15. The van der Waals surface area contributed by atoms with Crippen LogP contribution in [0.25, 0.3) is 0 Å². The van der Waals surface area contributed by atoms with E-state index in [0.29, 0.717) is 12.1 Å². The molecule has 2 atom stereocenters. The molecule has 0 amide bonds. The lowest BCUT2D eigenvalue weighted by Crippen LogP contribution is -2.20. The van der Waals surface area contributed by atoms with E-state index in [-0.39, 0.29) is 0 Å². The van der Waals surface area contributed by atoms with E-state index in [9.17, 15) is 0 Å². The van der Waals surface area contributed by atoms with Gasteiger partial charge in [0, 0.05) is 16.6 Å². The molecular weight excluding hydrogens is 275 g/mol. The Kier molecular flexibility index (Phi) is 3.54. The second-order valence-corrected chi connectivity index (χ2v) is 5.36. The number of hydrogen-bond donors (Lipinski definition) is 2. The topological polar surface area (TPSA) is 38.0 Å². The Labute approximate surface area is 103 Å². The summed E-state index contributed by atoms with van der Waals surface area (Å²) in [5, 5.41) is 4.20. The molecule has 1 saturated carbocycles. The van der Waals surface area contributed by atoms with E-state index in [1.165, 1.54) is 0 Å². The van der Waals surface area contributed by atoms with Gasteiger partial charge in [0.1, 0.15) is 0 Å². The van der Waals surface area contributed by atoms with Gasteiger partial charge in [-0.1, -0.05) is 27.5 Å². The average Bonchev–Trinajstić information content (AvgIpc) is 2.58. The second-order valence-electron chi connectivity index (χ2n) is 4.04. The first-order chi connectivity index (χ1) is 7.15. The smallest absolute Gasteiger partial charge is 0.0638 e. The van der Waals surface area contributed by atoms with Crippen molar-refractivity contribution in [1.29, 1.82) is 0 Å². The maximum atomic E-state index is 6.10. The van der Waals surface area contributed by atoms with Crippen LogP contribution in [0.5, 0.6) is 0 Å². The molecule has 0 radical (unpaired) electrons. The van der Waals surface area contributed by atoms with Gasteiger partial charge in [-0.3, -0.25) is 0 Å². The van der Waals surface area contributed by atoms with Crippen molar-refractivity contribution in [2.75, 3.05) is 5.32 Å². The van der Waals surface area contributed by atoms with Gasteiger partial charge in [0.15, 0.2) is 0 Å². The van der Waals surface area contributed by atoms with Crippen molar-refractivity contribution < 1.29 is 0 Å². The molecule has 1 fully saturated rings. The summed E-state index contributed by atoms with van der Waals surface area (Å²) in [5.41, 5.74) is 6.86. The molecule has 0 spiro atoms. The molecule has 1 aliphatic carbocycles. The zero-order valence-corrected chi connectivity index (χ0v) is 10.7. The summed E-state index contributed by atoms with van der Waals surface area (Å²) in [5.74, 6) is 0. The first-order valence-corrected chi connectivity index (χ1v) is 6.29. The maximum absolute atomic E-state index is 6.10. The Morgan fingerprint density at radius 3 is 2.87 bits per heavy atom. The summed E-state index contributed by atoms with van der Waals surface area (Å²) < 4.78 is 1.04. The fraction of sp³-hybridized carbons (Fsp3) is 0.455. The van der Waals surface area contributed by atoms with E-state index >= 15 is 0 Å². The van der Waals surface area contributed by atoms with E-state index in [1.807, 2.05) is 18.2 Å². The molecule has 0 bridgehead atoms. The van der Waals surface area contributed by atoms with Crippen molar-refractivity contribution in [3.63, 3.8) is 0 Å². The highest BCUT2D eigenvalue weighted by Gasteiger charge is 2.21. The SMILES string of the molecule is NC1CCC(Nc2cc(Br)ccc2Cl)C1. The fourth-order valence-corrected chi connectivity index (χ4v) is 2.51. The number of rotatable bonds is 2. The summed E-state index contributed by atoms with van der Waals surface area (Å²) in [4.78, 5) is 0. The quantitative estimate of drug-likeness (QED) is 0.876. The summed E-state index contributed by atoms with van der Waals surface area (Å²) in [6.45, 7) is 0. The molecule has 2 nitrogen and oxygen atoms in total. The minimum Gasteiger partial charge on any atom is -0.381 e. The van der Waals surface area contributed by atoms with E-state index < -0.39 is 0 Å². The molecule has 0 aromatic heterocycles. The third kappa shape index (κ3) is 2.86. The minimum atomic E-state index is 0.341. The summed E-state index contributed by atoms with van der Waals surface area (Å²) in [6.07, 6.45) is 3.26. The molecule has 0 aliphatic heterocycles. The van der Waals surface area contributed by atoms with Gasteiger partial charge in [0.25, 0.3) is 0 Å². The molecule has 4 heteroatoms. The number of halogens is 2. The number of nitrogens with two attached hydrogens (primary N) is 1. The third-order valence-electron chi connectivity index (χ3n) is 2.76. The zero-order valence-electron chi connectivity index (χ0n) is 8.34. The van der Waals surface area contributed by atoms with Gasteiger partial charge in [-0.15, -0.1) is 0 Å². The number of benzene rings is 1. The molecule has 2 unspecified atom stereocenters. The van der Waals surface area contributed by atoms with Crippen LogP contribution in [0.2, 0.25) is 5.02 Å². The van der Waals surface area contributed by atoms with E-state index in [2.05, 4.69) is 21.2 Å². The summed E-state index contributed by atoms with van der Waals surface area (Å²) in [7, 11) is 0. The van der Waals surface area contributed by atoms with E-state index in [1.54, 1.807) is 0 Å². The van der Waals surface area contributed by atoms with Crippen LogP contribution in [0, 0.1) is 0 Å². The predicted octanol–water partition coefficient (Wildman–Crippen LogP) is 3.39. The maximum Gasteiger partial charge on any atom is 0.0638 e. The number of hydrogen-bond acceptors (Lipinski definition) is 2. The molecule has 0 saturated heterocycles. The molecule has 82 valence electrons. The van der Waals surface area contributed by atoms with Gasteiger partial charge >= 0.3 is 0 Å². The van der Waals surface area contributed by atoms with Crippen LogP contribution in [-0.2, 0) is 0 Å². The van der Waals surface area contributed by atoms with Crippen molar-refractivity contribution >= 4 is 33.2 Å². The number of anilines is 1. The van der Waals surface area contributed by atoms with Crippen LogP contribution >= 0.6 is 27.5 Å². The average molecular weight is 290 g/mol. The lowest BCUT2D eigenvalue weighted by molar-refractivity contribution is 0.688. The van der Waals surface area contributed by atoms with Crippen LogP contribution in [0.1, 0.15) is 19.3 Å². The lowest BCUT2D eigenvalue weighted by atomic mass is 10.2. The van der Waals surface area contributed by atoms with Crippen molar-refractivity contribution in [1.82, 2.24) is 0 Å². The van der Waals surface area contributed by atoms with E-state index in [4.69, 9.17) is 17.3 Å². The normalized spacial score (nSPS) is 25.5.